The smallest absolute Gasteiger partial charge is 0.261 e. The Kier molecular flexibility index (Phi) is 6.97. The van der Waals surface area contributed by atoms with Gasteiger partial charge in [0.2, 0.25) is 0 Å². The number of carbonyl (C=O) groups excluding carboxylic acids is 2. The number of para-hydroxylation sites is 1. The van der Waals surface area contributed by atoms with E-state index in [0.29, 0.717) is 30.0 Å². The predicted molar refractivity (Wildman–Crippen MR) is 117 cm³/mol. The first kappa shape index (κ1) is 22.2. The maximum absolute atomic E-state index is 13.8. The third kappa shape index (κ3) is 5.06. The highest BCUT2D eigenvalue weighted by molar-refractivity contribution is 5.95. The molecule has 2 fully saturated rings. The van der Waals surface area contributed by atoms with Gasteiger partial charge >= 0.3 is 0 Å². The molecule has 2 heterocycles. The highest BCUT2D eigenvalue weighted by atomic mass is 19.1. The van der Waals surface area contributed by atoms with Crippen LogP contribution in [0.15, 0.2) is 30.5 Å². The van der Waals surface area contributed by atoms with Crippen LogP contribution in [-0.2, 0) is 4.79 Å². The number of hydrogen-bond acceptors (Lipinski definition) is 5. The molecule has 1 aromatic carbocycles. The molecule has 1 saturated heterocycles. The van der Waals surface area contributed by atoms with Crippen LogP contribution in [0.2, 0.25) is 0 Å². The fourth-order valence-corrected chi connectivity index (χ4v) is 4.56. The molecule has 170 valence electrons. The van der Waals surface area contributed by atoms with Crippen molar-refractivity contribution < 1.29 is 18.7 Å². The molecule has 0 unspecified atom stereocenters. The number of carbonyl (C=O) groups is 2. The lowest BCUT2D eigenvalue weighted by Gasteiger charge is -2.27. The number of amides is 2. The molecule has 1 aromatic heterocycles. The largest absolute Gasteiger partial charge is 0.481 e. The van der Waals surface area contributed by atoms with Crippen molar-refractivity contribution in [2.45, 2.75) is 64.0 Å². The van der Waals surface area contributed by atoms with Crippen molar-refractivity contribution in [2.75, 3.05) is 13.2 Å². The summed E-state index contributed by atoms with van der Waals surface area (Å²) in [4.78, 5) is 36.5. The molecule has 0 spiro atoms. The average Bonchev–Trinajstić information content (AvgIpc) is 3.29. The van der Waals surface area contributed by atoms with E-state index in [-0.39, 0.29) is 36.3 Å². The zero-order chi connectivity index (χ0) is 22.5. The molecule has 0 radical (unpaired) electrons. The van der Waals surface area contributed by atoms with Gasteiger partial charge < -0.3 is 15.0 Å². The SMILES string of the molecule is Cc1ncc(C(=O)NC2CCCCC2)c([C@H]2CCCN2C(=O)COc2ccccc2F)n1. The Balaban J connectivity index is 1.50. The number of hydrogen-bond donors (Lipinski definition) is 1. The van der Waals surface area contributed by atoms with E-state index in [9.17, 15) is 14.0 Å². The van der Waals surface area contributed by atoms with Gasteiger partial charge in [0.25, 0.3) is 11.8 Å². The minimum absolute atomic E-state index is 0.0435. The minimum atomic E-state index is -0.508. The lowest BCUT2D eigenvalue weighted by Crippen LogP contribution is -2.39. The van der Waals surface area contributed by atoms with Crippen LogP contribution in [0.25, 0.3) is 0 Å². The number of halogens is 1. The fourth-order valence-electron chi connectivity index (χ4n) is 4.56. The van der Waals surface area contributed by atoms with E-state index in [0.717, 1.165) is 32.1 Å². The molecule has 1 aliphatic carbocycles. The van der Waals surface area contributed by atoms with Crippen LogP contribution in [0.1, 0.15) is 72.9 Å². The van der Waals surface area contributed by atoms with Crippen LogP contribution in [0.4, 0.5) is 4.39 Å². The minimum Gasteiger partial charge on any atom is -0.481 e. The van der Waals surface area contributed by atoms with Crippen LogP contribution >= 0.6 is 0 Å². The Morgan fingerprint density at radius 2 is 1.94 bits per heavy atom. The molecule has 2 amide bonds. The lowest BCUT2D eigenvalue weighted by atomic mass is 9.95. The van der Waals surface area contributed by atoms with Crippen molar-refractivity contribution in [2.24, 2.45) is 0 Å². The second kappa shape index (κ2) is 10.1. The van der Waals surface area contributed by atoms with Gasteiger partial charge in [-0.05, 0) is 44.7 Å². The highest BCUT2D eigenvalue weighted by Gasteiger charge is 2.34. The monoisotopic (exact) mass is 440 g/mol. The second-order valence-electron chi connectivity index (χ2n) is 8.49. The van der Waals surface area contributed by atoms with Gasteiger partial charge in [0.05, 0.1) is 17.3 Å². The van der Waals surface area contributed by atoms with Crippen molar-refractivity contribution in [3.05, 3.63) is 53.4 Å². The van der Waals surface area contributed by atoms with E-state index < -0.39 is 5.82 Å². The quantitative estimate of drug-likeness (QED) is 0.740. The summed E-state index contributed by atoms with van der Waals surface area (Å²) in [6.45, 7) is 2.04. The summed E-state index contributed by atoms with van der Waals surface area (Å²) >= 11 is 0. The summed E-state index contributed by atoms with van der Waals surface area (Å²) in [5, 5.41) is 3.13. The average molecular weight is 441 g/mol. The first-order chi connectivity index (χ1) is 15.5. The van der Waals surface area contributed by atoms with E-state index in [1.165, 1.54) is 18.6 Å². The molecule has 0 bridgehead atoms. The Labute approximate surface area is 187 Å². The normalized spacial score (nSPS) is 19.1. The first-order valence-corrected chi connectivity index (χ1v) is 11.3. The van der Waals surface area contributed by atoms with Crippen LogP contribution in [-0.4, -0.2) is 45.9 Å². The van der Waals surface area contributed by atoms with Crippen molar-refractivity contribution in [1.29, 1.82) is 0 Å². The predicted octanol–water partition coefficient (Wildman–Crippen LogP) is 3.73. The highest BCUT2D eigenvalue weighted by Crippen LogP contribution is 2.33. The number of nitrogens with zero attached hydrogens (tertiary/aromatic N) is 3. The van der Waals surface area contributed by atoms with Crippen LogP contribution in [0.5, 0.6) is 5.75 Å². The van der Waals surface area contributed by atoms with Gasteiger partial charge in [-0.3, -0.25) is 9.59 Å². The van der Waals surface area contributed by atoms with Gasteiger partial charge in [0.1, 0.15) is 5.82 Å². The molecule has 8 heteroatoms. The number of nitrogens with one attached hydrogen (secondary N) is 1. The number of benzene rings is 1. The summed E-state index contributed by atoms with van der Waals surface area (Å²) in [5.41, 5.74) is 0.989. The number of aryl methyl sites for hydroxylation is 1. The Hall–Kier alpha value is -3.03. The van der Waals surface area contributed by atoms with Gasteiger partial charge in [-0.15, -0.1) is 0 Å². The van der Waals surface area contributed by atoms with Gasteiger partial charge in [-0.2, -0.15) is 0 Å². The third-order valence-corrected chi connectivity index (χ3v) is 6.20. The molecular weight excluding hydrogens is 411 g/mol. The van der Waals surface area contributed by atoms with Gasteiger partial charge in [-0.1, -0.05) is 31.4 Å². The van der Waals surface area contributed by atoms with E-state index in [1.54, 1.807) is 30.2 Å². The summed E-state index contributed by atoms with van der Waals surface area (Å²) in [6.07, 6.45) is 8.47. The molecule has 1 aliphatic heterocycles. The molecule has 7 nitrogen and oxygen atoms in total. The number of rotatable bonds is 6. The molecule has 2 aromatic rings. The molecule has 2 aliphatic rings. The maximum Gasteiger partial charge on any atom is 0.261 e. The van der Waals surface area contributed by atoms with Crippen molar-refractivity contribution in [3.8, 4) is 5.75 Å². The number of ether oxygens (including phenoxy) is 1. The second-order valence-corrected chi connectivity index (χ2v) is 8.49. The van der Waals surface area contributed by atoms with Crippen LogP contribution in [0.3, 0.4) is 0 Å². The maximum atomic E-state index is 13.8. The summed E-state index contributed by atoms with van der Waals surface area (Å²) in [6, 6.07) is 5.84. The topological polar surface area (TPSA) is 84.4 Å². The molecular formula is C24H29FN4O3. The first-order valence-electron chi connectivity index (χ1n) is 11.3. The molecule has 32 heavy (non-hydrogen) atoms. The Morgan fingerprint density at radius 1 is 1.16 bits per heavy atom. The van der Waals surface area contributed by atoms with Gasteiger partial charge in [0.15, 0.2) is 18.2 Å². The van der Waals surface area contributed by atoms with Crippen LogP contribution < -0.4 is 10.1 Å². The van der Waals surface area contributed by atoms with E-state index in [4.69, 9.17) is 4.74 Å². The Morgan fingerprint density at radius 3 is 2.72 bits per heavy atom. The van der Waals surface area contributed by atoms with Gasteiger partial charge in [0, 0.05) is 18.8 Å². The fraction of sp³-hybridized carbons (Fsp3) is 0.500. The zero-order valence-electron chi connectivity index (χ0n) is 18.3. The molecule has 1 atom stereocenters. The van der Waals surface area contributed by atoms with E-state index >= 15 is 0 Å². The number of aromatic nitrogens is 2. The van der Waals surface area contributed by atoms with Crippen molar-refractivity contribution >= 4 is 11.8 Å². The van der Waals surface area contributed by atoms with Crippen LogP contribution in [0, 0.1) is 12.7 Å². The Bertz CT molecular complexity index is 977. The van der Waals surface area contributed by atoms with E-state index in [2.05, 4.69) is 15.3 Å². The summed E-state index contributed by atoms with van der Waals surface area (Å²) < 4.78 is 19.2. The zero-order valence-corrected chi connectivity index (χ0v) is 18.3. The summed E-state index contributed by atoms with van der Waals surface area (Å²) in [7, 11) is 0. The molecule has 4 rings (SSSR count). The third-order valence-electron chi connectivity index (χ3n) is 6.20. The lowest BCUT2D eigenvalue weighted by molar-refractivity contribution is -0.134. The van der Waals surface area contributed by atoms with Crippen molar-refractivity contribution in [3.63, 3.8) is 0 Å². The summed E-state index contributed by atoms with van der Waals surface area (Å²) in [5.74, 6) is -0.357. The van der Waals surface area contributed by atoms with Gasteiger partial charge in [-0.25, -0.2) is 14.4 Å². The van der Waals surface area contributed by atoms with Crippen molar-refractivity contribution in [1.82, 2.24) is 20.2 Å². The standard InChI is InChI=1S/C24H29FN4O3/c1-16-26-14-18(24(31)28-17-8-3-2-4-9-17)23(27-16)20-11-7-13-29(20)22(30)15-32-21-12-6-5-10-19(21)25/h5-6,10,12,14,17,20H,2-4,7-9,11,13,15H2,1H3,(H,28,31)/t20-/m1/s1. The molecule has 1 saturated carbocycles. The number of likely N-dealkylation sites (tertiary alicyclic amines) is 1. The molecule has 1 N–H and O–H groups in total. The van der Waals surface area contributed by atoms with E-state index in [1.807, 2.05) is 0 Å².